The number of urea groups is 1. The van der Waals surface area contributed by atoms with Crippen LogP contribution < -0.4 is 10.6 Å². The van der Waals surface area contributed by atoms with E-state index < -0.39 is 0 Å². The lowest BCUT2D eigenvalue weighted by molar-refractivity contribution is 0.0756. The standard InChI is InChI=1S/C18H22N4O2S/c1-13-6-8-14(9-7-13)19-17(24)21-18-20-15(12-25-18)16(23)22-10-4-2-3-5-11-22/h6-9,12H,2-5,10-11H2,1H3,(H2,19,20,21,24). The topological polar surface area (TPSA) is 74.3 Å². The fourth-order valence-corrected chi connectivity index (χ4v) is 3.44. The number of amides is 3. The molecule has 0 unspecified atom stereocenters. The Morgan fingerprint density at radius 3 is 2.40 bits per heavy atom. The second-order valence-corrected chi connectivity index (χ2v) is 7.05. The zero-order valence-electron chi connectivity index (χ0n) is 14.2. The molecule has 1 aromatic heterocycles. The first-order chi connectivity index (χ1) is 12.1. The SMILES string of the molecule is Cc1ccc(NC(=O)Nc2nc(C(=O)N3CCCCCC3)cs2)cc1. The van der Waals surface area contributed by atoms with Gasteiger partial charge in [0.15, 0.2) is 5.13 Å². The number of rotatable bonds is 3. The number of anilines is 2. The highest BCUT2D eigenvalue weighted by molar-refractivity contribution is 7.14. The summed E-state index contributed by atoms with van der Waals surface area (Å²) < 4.78 is 0. The number of benzene rings is 1. The number of aromatic nitrogens is 1. The van der Waals surface area contributed by atoms with Gasteiger partial charge in [-0.2, -0.15) is 0 Å². The molecule has 25 heavy (non-hydrogen) atoms. The van der Waals surface area contributed by atoms with Gasteiger partial charge >= 0.3 is 6.03 Å². The van der Waals surface area contributed by atoms with Crippen LogP contribution in [-0.2, 0) is 0 Å². The molecule has 0 radical (unpaired) electrons. The first-order valence-corrected chi connectivity index (χ1v) is 9.39. The van der Waals surface area contributed by atoms with Gasteiger partial charge in [-0.1, -0.05) is 30.5 Å². The normalized spacial score (nSPS) is 14.7. The molecule has 2 aromatic rings. The number of aryl methyl sites for hydroxylation is 1. The van der Waals surface area contributed by atoms with Gasteiger partial charge in [-0.05, 0) is 31.9 Å². The van der Waals surface area contributed by atoms with Crippen molar-refractivity contribution in [2.45, 2.75) is 32.6 Å². The number of likely N-dealkylation sites (tertiary alicyclic amines) is 1. The quantitative estimate of drug-likeness (QED) is 0.867. The molecule has 1 aliphatic heterocycles. The van der Waals surface area contributed by atoms with Gasteiger partial charge in [0.1, 0.15) is 5.69 Å². The van der Waals surface area contributed by atoms with Gasteiger partial charge in [-0.3, -0.25) is 10.1 Å². The summed E-state index contributed by atoms with van der Waals surface area (Å²) in [7, 11) is 0. The lowest BCUT2D eigenvalue weighted by atomic mass is 10.2. The van der Waals surface area contributed by atoms with Gasteiger partial charge in [-0.15, -0.1) is 11.3 Å². The van der Waals surface area contributed by atoms with Crippen LogP contribution in [0, 0.1) is 6.92 Å². The highest BCUT2D eigenvalue weighted by Gasteiger charge is 2.20. The molecule has 1 saturated heterocycles. The van der Waals surface area contributed by atoms with E-state index in [0.717, 1.165) is 31.5 Å². The Morgan fingerprint density at radius 1 is 1.04 bits per heavy atom. The first kappa shape index (κ1) is 17.4. The van der Waals surface area contributed by atoms with Crippen LogP contribution in [0.5, 0.6) is 0 Å². The second kappa shape index (κ2) is 8.11. The fraction of sp³-hybridized carbons (Fsp3) is 0.389. The molecule has 2 N–H and O–H groups in total. The summed E-state index contributed by atoms with van der Waals surface area (Å²) in [6, 6.07) is 7.16. The highest BCUT2D eigenvalue weighted by Crippen LogP contribution is 2.19. The molecule has 3 amide bonds. The molecule has 132 valence electrons. The maximum Gasteiger partial charge on any atom is 0.325 e. The predicted molar refractivity (Wildman–Crippen MR) is 100 cm³/mol. The first-order valence-electron chi connectivity index (χ1n) is 8.51. The van der Waals surface area contributed by atoms with E-state index in [-0.39, 0.29) is 11.9 Å². The van der Waals surface area contributed by atoms with Crippen molar-refractivity contribution in [2.75, 3.05) is 23.7 Å². The summed E-state index contributed by atoms with van der Waals surface area (Å²) >= 11 is 1.26. The van der Waals surface area contributed by atoms with E-state index in [1.54, 1.807) is 5.38 Å². The van der Waals surface area contributed by atoms with Crippen LogP contribution >= 0.6 is 11.3 Å². The minimum absolute atomic E-state index is 0.0508. The van der Waals surface area contributed by atoms with E-state index >= 15 is 0 Å². The average molecular weight is 358 g/mol. The van der Waals surface area contributed by atoms with E-state index in [1.807, 2.05) is 36.1 Å². The number of carbonyl (C=O) groups is 2. The lowest BCUT2D eigenvalue weighted by Crippen LogP contribution is -2.32. The summed E-state index contributed by atoms with van der Waals surface area (Å²) in [5.74, 6) is -0.0508. The molecule has 0 saturated carbocycles. The van der Waals surface area contributed by atoms with Crippen molar-refractivity contribution in [1.29, 1.82) is 0 Å². The van der Waals surface area contributed by atoms with Crippen molar-refractivity contribution in [3.05, 3.63) is 40.9 Å². The smallest absolute Gasteiger partial charge is 0.325 e. The van der Waals surface area contributed by atoms with Crippen molar-refractivity contribution >= 4 is 34.1 Å². The maximum atomic E-state index is 12.5. The van der Waals surface area contributed by atoms with Crippen LogP contribution in [0.2, 0.25) is 0 Å². The van der Waals surface area contributed by atoms with Crippen LogP contribution in [0.1, 0.15) is 41.7 Å². The minimum atomic E-state index is -0.369. The molecule has 1 fully saturated rings. The number of nitrogens with zero attached hydrogens (tertiary/aromatic N) is 2. The van der Waals surface area contributed by atoms with E-state index in [1.165, 1.54) is 24.2 Å². The van der Waals surface area contributed by atoms with Crippen LogP contribution in [-0.4, -0.2) is 34.9 Å². The summed E-state index contributed by atoms with van der Waals surface area (Å²) in [6.07, 6.45) is 4.43. The number of hydrogen-bond acceptors (Lipinski definition) is 4. The maximum absolute atomic E-state index is 12.5. The summed E-state index contributed by atoms with van der Waals surface area (Å²) in [5, 5.41) is 7.55. The van der Waals surface area contributed by atoms with Crippen LogP contribution in [0.3, 0.4) is 0 Å². The molecule has 3 rings (SSSR count). The van der Waals surface area contributed by atoms with Crippen molar-refractivity contribution < 1.29 is 9.59 Å². The molecule has 0 aliphatic carbocycles. The van der Waals surface area contributed by atoms with Crippen LogP contribution in [0.15, 0.2) is 29.6 Å². The molecule has 2 heterocycles. The minimum Gasteiger partial charge on any atom is -0.337 e. The van der Waals surface area contributed by atoms with Crippen molar-refractivity contribution in [3.8, 4) is 0 Å². The molecule has 1 aliphatic rings. The van der Waals surface area contributed by atoms with E-state index in [0.29, 0.717) is 16.5 Å². The number of nitrogens with one attached hydrogen (secondary N) is 2. The van der Waals surface area contributed by atoms with Gasteiger partial charge in [0.2, 0.25) is 0 Å². The molecule has 7 heteroatoms. The number of carbonyl (C=O) groups excluding carboxylic acids is 2. The summed E-state index contributed by atoms with van der Waals surface area (Å²) in [4.78, 5) is 30.7. The number of thiazole rings is 1. The van der Waals surface area contributed by atoms with Gasteiger partial charge in [0.05, 0.1) is 0 Å². The molecule has 0 bridgehead atoms. The van der Waals surface area contributed by atoms with E-state index in [4.69, 9.17) is 0 Å². The Morgan fingerprint density at radius 2 is 1.72 bits per heavy atom. The Hall–Kier alpha value is -2.41. The van der Waals surface area contributed by atoms with Gasteiger partial charge in [0.25, 0.3) is 5.91 Å². The third-order valence-corrected chi connectivity index (χ3v) is 4.90. The Kier molecular flexibility index (Phi) is 5.65. The average Bonchev–Trinajstić information content (AvgIpc) is 2.89. The Balaban J connectivity index is 1.58. The highest BCUT2D eigenvalue weighted by atomic mass is 32.1. The molecular weight excluding hydrogens is 336 g/mol. The molecular formula is C18H22N4O2S. The molecule has 0 atom stereocenters. The molecule has 6 nitrogen and oxygen atoms in total. The zero-order valence-corrected chi connectivity index (χ0v) is 15.1. The Labute approximate surface area is 151 Å². The van der Waals surface area contributed by atoms with Gasteiger partial charge in [0, 0.05) is 24.2 Å². The van der Waals surface area contributed by atoms with E-state index in [9.17, 15) is 9.59 Å². The lowest BCUT2D eigenvalue weighted by Gasteiger charge is -2.18. The van der Waals surface area contributed by atoms with Gasteiger partial charge < -0.3 is 10.2 Å². The summed E-state index contributed by atoms with van der Waals surface area (Å²) in [6.45, 7) is 3.56. The van der Waals surface area contributed by atoms with Gasteiger partial charge in [-0.25, -0.2) is 9.78 Å². The fourth-order valence-electron chi connectivity index (χ4n) is 2.76. The Bertz CT molecular complexity index is 734. The van der Waals surface area contributed by atoms with E-state index in [2.05, 4.69) is 15.6 Å². The van der Waals surface area contributed by atoms with Crippen LogP contribution in [0.4, 0.5) is 15.6 Å². The third-order valence-electron chi connectivity index (χ3n) is 4.15. The predicted octanol–water partition coefficient (Wildman–Crippen LogP) is 4.11. The van der Waals surface area contributed by atoms with Crippen LogP contribution in [0.25, 0.3) is 0 Å². The third kappa shape index (κ3) is 4.79. The molecule has 1 aromatic carbocycles. The van der Waals surface area contributed by atoms with Crippen molar-refractivity contribution in [3.63, 3.8) is 0 Å². The number of hydrogen-bond donors (Lipinski definition) is 2. The molecule has 0 spiro atoms. The van der Waals surface area contributed by atoms with Crippen molar-refractivity contribution in [1.82, 2.24) is 9.88 Å². The monoisotopic (exact) mass is 358 g/mol. The second-order valence-electron chi connectivity index (χ2n) is 6.19. The summed E-state index contributed by atoms with van der Waals surface area (Å²) in [5.41, 5.74) is 2.24. The largest absolute Gasteiger partial charge is 0.337 e. The van der Waals surface area contributed by atoms with Crippen molar-refractivity contribution in [2.24, 2.45) is 0 Å². The zero-order chi connectivity index (χ0) is 17.6.